The molecule has 1 aromatic rings. The highest BCUT2D eigenvalue weighted by molar-refractivity contribution is 9.09. The molecule has 0 atom stereocenters. The minimum absolute atomic E-state index is 0.257. The smallest absolute Gasteiger partial charge is 0.163 e. The van der Waals surface area contributed by atoms with Crippen molar-refractivity contribution in [3.63, 3.8) is 0 Å². The van der Waals surface area contributed by atoms with E-state index in [0.29, 0.717) is 6.42 Å². The van der Waals surface area contributed by atoms with E-state index in [4.69, 9.17) is 0 Å². The van der Waals surface area contributed by atoms with Crippen molar-refractivity contribution in [2.45, 2.75) is 25.7 Å². The monoisotopic (exact) mass is 279 g/mol. The van der Waals surface area contributed by atoms with Crippen molar-refractivity contribution in [1.82, 2.24) is 4.98 Å². The van der Waals surface area contributed by atoms with Gasteiger partial charge in [-0.1, -0.05) is 28.1 Å². The third kappa shape index (κ3) is 2.40. The standard InChI is InChI=1S/C13H14BrNO/c14-8-2-1-5-13(16)11-6-7-12-10(11)4-3-9-15-12/h3-4,6,9H,1-2,5,7-8H2. The molecule has 0 aromatic carbocycles. The summed E-state index contributed by atoms with van der Waals surface area (Å²) in [5, 5.41) is 0.970. The molecule has 0 saturated heterocycles. The van der Waals surface area contributed by atoms with Gasteiger partial charge in [0.2, 0.25) is 0 Å². The molecular weight excluding hydrogens is 266 g/mol. The first-order valence-electron chi connectivity index (χ1n) is 5.56. The number of ketones is 1. The third-order valence-electron chi connectivity index (χ3n) is 2.77. The molecule has 1 aliphatic carbocycles. The Bertz CT molecular complexity index is 426. The van der Waals surface area contributed by atoms with Crippen LogP contribution in [0, 0.1) is 0 Å². The predicted octanol–water partition coefficient (Wildman–Crippen LogP) is 3.16. The molecule has 0 unspecified atom stereocenters. The summed E-state index contributed by atoms with van der Waals surface area (Å²) in [6, 6.07) is 3.88. The summed E-state index contributed by atoms with van der Waals surface area (Å²) in [5.74, 6) is 0.257. The van der Waals surface area contributed by atoms with Gasteiger partial charge in [0.25, 0.3) is 0 Å². The molecule has 3 heteroatoms. The van der Waals surface area contributed by atoms with Crippen LogP contribution in [0.1, 0.15) is 30.5 Å². The lowest BCUT2D eigenvalue weighted by Gasteiger charge is -2.03. The molecule has 84 valence electrons. The zero-order valence-electron chi connectivity index (χ0n) is 9.08. The summed E-state index contributed by atoms with van der Waals surface area (Å²) >= 11 is 3.37. The molecular formula is C13H14BrNO. The van der Waals surface area contributed by atoms with Crippen molar-refractivity contribution in [2.75, 3.05) is 5.33 Å². The van der Waals surface area contributed by atoms with E-state index in [2.05, 4.69) is 20.9 Å². The van der Waals surface area contributed by atoms with Crippen LogP contribution in [-0.2, 0) is 11.2 Å². The Hall–Kier alpha value is -0.960. The average Bonchev–Trinajstić information content (AvgIpc) is 2.73. The highest BCUT2D eigenvalue weighted by Crippen LogP contribution is 2.27. The summed E-state index contributed by atoms with van der Waals surface area (Å²) in [6.45, 7) is 0. The molecule has 0 fully saturated rings. The van der Waals surface area contributed by atoms with Gasteiger partial charge in [0, 0.05) is 35.5 Å². The number of unbranched alkanes of at least 4 members (excludes halogenated alkanes) is 1. The molecule has 1 aromatic heterocycles. The Balaban J connectivity index is 2.04. The predicted molar refractivity (Wildman–Crippen MR) is 68.6 cm³/mol. The van der Waals surface area contributed by atoms with Crippen molar-refractivity contribution in [1.29, 1.82) is 0 Å². The van der Waals surface area contributed by atoms with Gasteiger partial charge in [-0.25, -0.2) is 0 Å². The maximum absolute atomic E-state index is 12.0. The number of rotatable bonds is 5. The van der Waals surface area contributed by atoms with Crippen LogP contribution in [-0.4, -0.2) is 16.1 Å². The summed E-state index contributed by atoms with van der Waals surface area (Å²) in [5.41, 5.74) is 2.94. The Morgan fingerprint density at radius 3 is 3.12 bits per heavy atom. The van der Waals surface area contributed by atoms with Crippen LogP contribution in [0.3, 0.4) is 0 Å². The number of hydrogen-bond acceptors (Lipinski definition) is 2. The summed E-state index contributed by atoms with van der Waals surface area (Å²) < 4.78 is 0. The maximum Gasteiger partial charge on any atom is 0.163 e. The molecule has 16 heavy (non-hydrogen) atoms. The van der Waals surface area contributed by atoms with Gasteiger partial charge in [-0.3, -0.25) is 9.78 Å². The fourth-order valence-electron chi connectivity index (χ4n) is 1.93. The summed E-state index contributed by atoms with van der Waals surface area (Å²) in [4.78, 5) is 16.2. The van der Waals surface area contributed by atoms with Crippen LogP contribution < -0.4 is 0 Å². The molecule has 0 bridgehead atoms. The van der Waals surface area contributed by atoms with E-state index in [1.54, 1.807) is 6.20 Å². The molecule has 2 rings (SSSR count). The maximum atomic E-state index is 12.0. The normalized spacial score (nSPS) is 13.4. The van der Waals surface area contributed by atoms with E-state index in [1.165, 1.54) is 0 Å². The number of hydrogen-bond donors (Lipinski definition) is 0. The van der Waals surface area contributed by atoms with Gasteiger partial charge in [0.15, 0.2) is 5.78 Å². The largest absolute Gasteiger partial charge is 0.294 e. The first kappa shape index (κ1) is 11.5. The minimum atomic E-state index is 0.257. The Morgan fingerprint density at radius 1 is 1.44 bits per heavy atom. The Kier molecular flexibility index (Phi) is 3.88. The van der Waals surface area contributed by atoms with Gasteiger partial charge in [0.1, 0.15) is 0 Å². The molecule has 2 nitrogen and oxygen atoms in total. The fourth-order valence-corrected chi connectivity index (χ4v) is 2.33. The number of carbonyl (C=O) groups is 1. The number of nitrogens with zero attached hydrogens (tertiary/aromatic N) is 1. The van der Waals surface area contributed by atoms with Crippen LogP contribution >= 0.6 is 15.9 Å². The number of Topliss-reactive ketones (excluding diaryl/α,β-unsaturated/α-hetero) is 1. The second-order valence-corrected chi connectivity index (χ2v) is 4.68. The second-order valence-electron chi connectivity index (χ2n) is 3.89. The van der Waals surface area contributed by atoms with Gasteiger partial charge < -0.3 is 0 Å². The molecule has 0 N–H and O–H groups in total. The number of halogens is 1. The number of carbonyl (C=O) groups excluding carboxylic acids is 1. The molecule has 1 heterocycles. The van der Waals surface area contributed by atoms with Crippen LogP contribution in [0.2, 0.25) is 0 Å². The van der Waals surface area contributed by atoms with E-state index in [1.807, 2.05) is 18.2 Å². The molecule has 1 aliphatic rings. The first-order chi connectivity index (χ1) is 7.83. The van der Waals surface area contributed by atoms with Gasteiger partial charge in [-0.05, 0) is 18.9 Å². The summed E-state index contributed by atoms with van der Waals surface area (Å²) in [7, 11) is 0. The molecule has 0 aliphatic heterocycles. The van der Waals surface area contributed by atoms with Crippen LogP contribution in [0.4, 0.5) is 0 Å². The quantitative estimate of drug-likeness (QED) is 0.612. The number of fused-ring (bicyclic) bond motifs is 1. The topological polar surface area (TPSA) is 30.0 Å². The van der Waals surface area contributed by atoms with E-state index in [0.717, 1.165) is 41.4 Å². The molecule has 0 radical (unpaired) electrons. The lowest BCUT2D eigenvalue weighted by Crippen LogP contribution is -2.01. The lowest BCUT2D eigenvalue weighted by atomic mass is 10.0. The average molecular weight is 280 g/mol. The van der Waals surface area contributed by atoms with Crippen molar-refractivity contribution >= 4 is 27.3 Å². The van der Waals surface area contributed by atoms with Crippen LogP contribution in [0.15, 0.2) is 24.4 Å². The van der Waals surface area contributed by atoms with Gasteiger partial charge in [-0.15, -0.1) is 0 Å². The SMILES string of the molecule is O=C(CCCCBr)C1=CCc2ncccc21. The van der Waals surface area contributed by atoms with Crippen LogP contribution in [0.25, 0.3) is 5.57 Å². The van der Waals surface area contributed by atoms with E-state index >= 15 is 0 Å². The highest BCUT2D eigenvalue weighted by Gasteiger charge is 2.19. The zero-order chi connectivity index (χ0) is 11.4. The number of aromatic nitrogens is 1. The lowest BCUT2D eigenvalue weighted by molar-refractivity contribution is -0.113. The third-order valence-corrected chi connectivity index (χ3v) is 3.33. The highest BCUT2D eigenvalue weighted by atomic mass is 79.9. The van der Waals surface area contributed by atoms with E-state index < -0.39 is 0 Å². The summed E-state index contributed by atoms with van der Waals surface area (Å²) in [6.07, 6.45) is 7.25. The Morgan fingerprint density at radius 2 is 2.31 bits per heavy atom. The van der Waals surface area contributed by atoms with Crippen molar-refractivity contribution in [3.8, 4) is 0 Å². The van der Waals surface area contributed by atoms with Gasteiger partial charge in [0.05, 0.1) is 5.69 Å². The second kappa shape index (κ2) is 5.39. The van der Waals surface area contributed by atoms with E-state index in [-0.39, 0.29) is 5.78 Å². The number of alkyl halides is 1. The molecule has 0 amide bonds. The fraction of sp³-hybridized carbons (Fsp3) is 0.385. The van der Waals surface area contributed by atoms with E-state index in [9.17, 15) is 4.79 Å². The van der Waals surface area contributed by atoms with Crippen LogP contribution in [0.5, 0.6) is 0 Å². The van der Waals surface area contributed by atoms with Gasteiger partial charge >= 0.3 is 0 Å². The minimum Gasteiger partial charge on any atom is -0.294 e. The zero-order valence-corrected chi connectivity index (χ0v) is 10.7. The van der Waals surface area contributed by atoms with Crippen molar-refractivity contribution in [3.05, 3.63) is 35.7 Å². The Labute approximate surface area is 104 Å². The first-order valence-corrected chi connectivity index (χ1v) is 6.68. The number of pyridine rings is 1. The number of allylic oxidation sites excluding steroid dienone is 2. The van der Waals surface area contributed by atoms with Gasteiger partial charge in [-0.2, -0.15) is 0 Å². The van der Waals surface area contributed by atoms with Crippen molar-refractivity contribution in [2.24, 2.45) is 0 Å². The molecule has 0 spiro atoms. The molecule has 0 saturated carbocycles. The van der Waals surface area contributed by atoms with Crippen molar-refractivity contribution < 1.29 is 4.79 Å².